The van der Waals surface area contributed by atoms with Crippen molar-refractivity contribution in [3.05, 3.63) is 95.3 Å². The molecule has 0 unspecified atom stereocenters. The minimum Gasteiger partial charge on any atom is -0.322 e. The zero-order chi connectivity index (χ0) is 18.9. The van der Waals surface area contributed by atoms with E-state index in [9.17, 15) is 4.39 Å². The fourth-order valence-electron chi connectivity index (χ4n) is 4.52. The second-order valence-electron chi connectivity index (χ2n) is 7.52. The molecular weight excluding hydrogens is 349 g/mol. The zero-order valence-electron chi connectivity index (χ0n) is 15.7. The molecule has 0 radical (unpaired) electrons. The third-order valence-electron chi connectivity index (χ3n) is 5.84. The van der Waals surface area contributed by atoms with E-state index in [0.29, 0.717) is 6.04 Å². The lowest BCUT2D eigenvalue weighted by Crippen LogP contribution is -3.14. The van der Waals surface area contributed by atoms with E-state index >= 15 is 0 Å². The highest BCUT2D eigenvalue weighted by atomic mass is 19.1. The molecule has 5 rings (SSSR count). The van der Waals surface area contributed by atoms with E-state index in [1.54, 1.807) is 17.2 Å². The minimum absolute atomic E-state index is 0.225. The number of hydrazone groups is 1. The first-order valence-corrected chi connectivity index (χ1v) is 9.87. The van der Waals surface area contributed by atoms with Gasteiger partial charge < -0.3 is 4.90 Å². The Hall–Kier alpha value is -2.98. The highest BCUT2D eigenvalue weighted by Crippen LogP contribution is 2.41. The third kappa shape index (κ3) is 3.10. The van der Waals surface area contributed by atoms with E-state index in [0.717, 1.165) is 31.7 Å². The van der Waals surface area contributed by atoms with Gasteiger partial charge in [-0.1, -0.05) is 60.7 Å². The number of halogens is 1. The van der Waals surface area contributed by atoms with Crippen LogP contribution in [-0.2, 0) is 0 Å². The topological polar surface area (TPSA) is 20.0 Å². The second kappa shape index (κ2) is 7.21. The fraction of sp³-hybridized carbons (Fsp3) is 0.208. The molecule has 1 heterocycles. The van der Waals surface area contributed by atoms with Crippen LogP contribution in [0.5, 0.6) is 0 Å². The van der Waals surface area contributed by atoms with Crippen molar-refractivity contribution in [2.45, 2.75) is 6.04 Å². The summed E-state index contributed by atoms with van der Waals surface area (Å²) >= 11 is 0. The summed E-state index contributed by atoms with van der Waals surface area (Å²) in [4.78, 5) is 1.59. The van der Waals surface area contributed by atoms with Gasteiger partial charge in [-0.05, 0) is 28.8 Å². The van der Waals surface area contributed by atoms with Gasteiger partial charge in [0.25, 0.3) is 0 Å². The molecule has 0 amide bonds. The minimum atomic E-state index is -0.225. The largest absolute Gasteiger partial charge is 0.322 e. The molecule has 3 aromatic rings. The van der Waals surface area contributed by atoms with Crippen molar-refractivity contribution >= 4 is 6.21 Å². The molecule has 1 saturated heterocycles. The quantitative estimate of drug-likeness (QED) is 0.701. The summed E-state index contributed by atoms with van der Waals surface area (Å²) in [7, 11) is 0. The van der Waals surface area contributed by atoms with Gasteiger partial charge in [0.1, 0.15) is 11.9 Å². The molecule has 0 spiro atoms. The second-order valence-corrected chi connectivity index (χ2v) is 7.52. The molecular formula is C24H23FN3+. The summed E-state index contributed by atoms with van der Waals surface area (Å²) in [6.07, 6.45) is 1.76. The molecule has 0 atom stereocenters. The van der Waals surface area contributed by atoms with Gasteiger partial charge in [-0.2, -0.15) is 5.10 Å². The van der Waals surface area contributed by atoms with E-state index < -0.39 is 0 Å². The molecule has 0 bridgehead atoms. The van der Waals surface area contributed by atoms with Gasteiger partial charge in [0.2, 0.25) is 0 Å². The normalized spacial score (nSPS) is 17.1. The van der Waals surface area contributed by atoms with Gasteiger partial charge in [0.05, 0.1) is 32.4 Å². The van der Waals surface area contributed by atoms with E-state index in [1.165, 1.54) is 34.4 Å². The standard InChI is InChI=1S/C24H22FN3/c25-19-7-5-6-18(16-19)17-26-28-14-12-27(13-15-28)24-22-10-3-1-8-20(22)21-9-2-4-11-23(21)24/h1-11,16-17,24H,12-15H2/p+1/b26-17-. The summed E-state index contributed by atoms with van der Waals surface area (Å²) in [6.45, 7) is 3.88. The van der Waals surface area contributed by atoms with Gasteiger partial charge in [-0.15, -0.1) is 0 Å². The van der Waals surface area contributed by atoms with Crippen LogP contribution in [0.3, 0.4) is 0 Å². The smallest absolute Gasteiger partial charge is 0.140 e. The maximum Gasteiger partial charge on any atom is 0.140 e. The van der Waals surface area contributed by atoms with E-state index in [-0.39, 0.29) is 5.82 Å². The van der Waals surface area contributed by atoms with Crippen molar-refractivity contribution in [1.82, 2.24) is 5.01 Å². The first kappa shape index (κ1) is 17.1. The van der Waals surface area contributed by atoms with Gasteiger partial charge in [-0.25, -0.2) is 4.39 Å². The van der Waals surface area contributed by atoms with Crippen LogP contribution in [0.4, 0.5) is 4.39 Å². The van der Waals surface area contributed by atoms with Crippen molar-refractivity contribution in [3.63, 3.8) is 0 Å². The van der Waals surface area contributed by atoms with Gasteiger partial charge in [-0.3, -0.25) is 5.01 Å². The number of quaternary nitrogens is 1. The lowest BCUT2D eigenvalue weighted by Gasteiger charge is -2.34. The Labute approximate surface area is 164 Å². The predicted molar refractivity (Wildman–Crippen MR) is 110 cm³/mol. The number of hydrogen-bond donors (Lipinski definition) is 1. The van der Waals surface area contributed by atoms with Crippen LogP contribution in [-0.4, -0.2) is 37.4 Å². The predicted octanol–water partition coefficient (Wildman–Crippen LogP) is 3.13. The molecule has 0 saturated carbocycles. The van der Waals surface area contributed by atoms with E-state index in [1.807, 2.05) is 6.07 Å². The molecule has 3 aromatic carbocycles. The monoisotopic (exact) mass is 372 g/mol. The van der Waals surface area contributed by atoms with Crippen molar-refractivity contribution in [1.29, 1.82) is 0 Å². The number of nitrogens with zero attached hydrogens (tertiary/aromatic N) is 2. The zero-order valence-corrected chi connectivity index (χ0v) is 15.7. The lowest BCUT2D eigenvalue weighted by molar-refractivity contribution is -0.929. The van der Waals surface area contributed by atoms with Crippen LogP contribution in [0.25, 0.3) is 11.1 Å². The number of nitrogens with one attached hydrogen (secondary N) is 1. The summed E-state index contributed by atoms with van der Waals surface area (Å²) < 4.78 is 13.3. The van der Waals surface area contributed by atoms with Crippen LogP contribution in [0, 0.1) is 5.82 Å². The molecule has 2 aliphatic rings. The van der Waals surface area contributed by atoms with Crippen molar-refractivity contribution in [3.8, 4) is 11.1 Å². The summed E-state index contributed by atoms with van der Waals surface area (Å²) in [5.74, 6) is -0.225. The lowest BCUT2D eigenvalue weighted by atomic mass is 10.0. The fourth-order valence-corrected chi connectivity index (χ4v) is 4.52. The number of fused-ring (bicyclic) bond motifs is 3. The van der Waals surface area contributed by atoms with Crippen molar-refractivity contribution in [2.75, 3.05) is 26.2 Å². The first-order valence-electron chi connectivity index (χ1n) is 9.87. The van der Waals surface area contributed by atoms with Crippen LogP contribution < -0.4 is 4.90 Å². The number of rotatable bonds is 3. The molecule has 28 heavy (non-hydrogen) atoms. The Kier molecular flexibility index (Phi) is 4.41. The highest BCUT2D eigenvalue weighted by molar-refractivity contribution is 5.79. The Morgan fingerprint density at radius 3 is 2.14 bits per heavy atom. The van der Waals surface area contributed by atoms with Gasteiger partial charge >= 0.3 is 0 Å². The van der Waals surface area contributed by atoms with E-state index in [2.05, 4.69) is 58.6 Å². The number of hydrogen-bond acceptors (Lipinski definition) is 2. The summed E-state index contributed by atoms with van der Waals surface area (Å²) in [6, 6.07) is 24.6. The average Bonchev–Trinajstić information content (AvgIpc) is 3.07. The van der Waals surface area contributed by atoms with Crippen molar-refractivity contribution in [2.24, 2.45) is 5.10 Å². The van der Waals surface area contributed by atoms with E-state index in [4.69, 9.17) is 0 Å². The molecule has 1 aliphatic heterocycles. The molecule has 1 N–H and O–H groups in total. The Bertz CT molecular complexity index is 976. The first-order chi connectivity index (χ1) is 13.8. The van der Waals surface area contributed by atoms with Crippen LogP contribution in [0.2, 0.25) is 0 Å². The number of piperazine rings is 1. The maximum atomic E-state index is 13.3. The van der Waals surface area contributed by atoms with Gasteiger partial charge in [0.15, 0.2) is 0 Å². The molecule has 1 fully saturated rings. The third-order valence-corrected chi connectivity index (χ3v) is 5.84. The summed E-state index contributed by atoms with van der Waals surface area (Å²) in [5.41, 5.74) is 6.43. The summed E-state index contributed by atoms with van der Waals surface area (Å²) in [5, 5.41) is 6.67. The number of benzene rings is 3. The van der Waals surface area contributed by atoms with Crippen LogP contribution in [0.15, 0.2) is 77.9 Å². The Morgan fingerprint density at radius 1 is 0.857 bits per heavy atom. The molecule has 1 aliphatic carbocycles. The Balaban J connectivity index is 1.32. The maximum absolute atomic E-state index is 13.3. The average molecular weight is 372 g/mol. The highest BCUT2D eigenvalue weighted by Gasteiger charge is 2.37. The SMILES string of the molecule is Fc1cccc(/C=N\N2CC[NH+](C3c4ccccc4-c4ccccc43)CC2)c1. The molecule has 3 nitrogen and oxygen atoms in total. The van der Waals surface area contributed by atoms with Gasteiger partial charge in [0, 0.05) is 11.1 Å². The van der Waals surface area contributed by atoms with Crippen LogP contribution >= 0.6 is 0 Å². The molecule has 4 heteroatoms. The Morgan fingerprint density at radius 2 is 1.50 bits per heavy atom. The molecule has 0 aromatic heterocycles. The molecule has 140 valence electrons. The van der Waals surface area contributed by atoms with Crippen LogP contribution in [0.1, 0.15) is 22.7 Å². The van der Waals surface area contributed by atoms with Crippen molar-refractivity contribution < 1.29 is 9.29 Å².